The molecular formula is C56H107O12P. The van der Waals surface area contributed by atoms with Gasteiger partial charge in [0.2, 0.25) is 0 Å². The number of aliphatic hydroxyl groups excluding tert-OH is 4. The highest BCUT2D eigenvalue weighted by Gasteiger charge is 2.30. The van der Waals surface area contributed by atoms with E-state index < -0.39 is 64.0 Å². The number of hydrogen-bond donors (Lipinski definition) is 5. The number of carbonyl (C=O) groups excluding carboxylic acids is 2. The zero-order valence-corrected chi connectivity index (χ0v) is 45.2. The van der Waals surface area contributed by atoms with Crippen LogP contribution in [0.15, 0.2) is 24.3 Å². The maximum atomic E-state index is 12.8. The summed E-state index contributed by atoms with van der Waals surface area (Å²) in [6.45, 7) is 1.79. The zero-order valence-electron chi connectivity index (χ0n) is 44.3. The van der Waals surface area contributed by atoms with Crippen LogP contribution in [0, 0.1) is 0 Å². The molecule has 0 aromatic rings. The number of hydrogen-bond acceptors (Lipinski definition) is 11. The van der Waals surface area contributed by atoms with E-state index in [0.717, 1.165) is 77.0 Å². The molecule has 1 unspecified atom stereocenters. The van der Waals surface area contributed by atoms with Crippen molar-refractivity contribution in [3.05, 3.63) is 24.3 Å². The van der Waals surface area contributed by atoms with Crippen LogP contribution in [-0.4, -0.2) is 88.1 Å². The van der Waals surface area contributed by atoms with Gasteiger partial charge < -0.3 is 34.8 Å². The number of unbranched alkanes of at least 4 members (excludes halogenated alkanes) is 34. The Bertz CT molecular complexity index is 1230. The summed E-state index contributed by atoms with van der Waals surface area (Å²) in [7, 11) is -4.84. The SMILES string of the molecule is CCCCCCCCCCCCCC=CCCCCCCCCC(=O)OC[C@H](COP(=O)(O)OC[C@@H](O)[C@@H](O)[C@H](O)CO)OC(=O)CCCCCCCC/C=C\CCCCCCCCCCCCC. The minimum absolute atomic E-state index is 0.131. The molecule has 13 heteroatoms. The molecule has 0 rings (SSSR count). The molecule has 5 N–H and O–H groups in total. The molecule has 0 saturated carbocycles. The van der Waals surface area contributed by atoms with Gasteiger partial charge in [-0.3, -0.25) is 18.6 Å². The third kappa shape index (κ3) is 48.4. The molecule has 0 aliphatic carbocycles. The van der Waals surface area contributed by atoms with Gasteiger partial charge in [-0.25, -0.2) is 4.57 Å². The Morgan fingerprint density at radius 2 is 0.754 bits per heavy atom. The van der Waals surface area contributed by atoms with E-state index in [1.165, 1.54) is 154 Å². The van der Waals surface area contributed by atoms with E-state index in [-0.39, 0.29) is 19.4 Å². The molecule has 408 valence electrons. The minimum atomic E-state index is -4.84. The van der Waals surface area contributed by atoms with Gasteiger partial charge in [0.1, 0.15) is 24.9 Å². The van der Waals surface area contributed by atoms with Gasteiger partial charge in [0.05, 0.1) is 19.8 Å². The molecule has 0 radical (unpaired) electrons. The number of aliphatic hydroxyl groups is 4. The van der Waals surface area contributed by atoms with Gasteiger partial charge in [-0.15, -0.1) is 0 Å². The van der Waals surface area contributed by atoms with E-state index in [1.807, 2.05) is 0 Å². The van der Waals surface area contributed by atoms with Gasteiger partial charge in [0, 0.05) is 12.8 Å². The standard InChI is InChI=1S/C56H107O12P/c1-3-5-7-9-11-13-15-17-19-21-23-25-27-29-31-33-35-37-39-41-43-45-54(60)65-48-51(49-66-69(63,64)67-50-53(59)56(62)52(58)47-57)68-55(61)46-44-42-40-38-36-34-32-30-28-26-24-22-20-18-16-14-12-10-8-6-4-2/h27-30,51-53,56-59,62H,3-26,31-50H2,1-2H3,(H,63,64)/b29-27?,30-28-/t51-,52-,53-,56+/m1/s1. The topological polar surface area (TPSA) is 189 Å². The van der Waals surface area contributed by atoms with E-state index in [0.29, 0.717) is 12.8 Å². The molecule has 12 nitrogen and oxygen atoms in total. The first-order chi connectivity index (χ1) is 33.6. The van der Waals surface area contributed by atoms with Crippen molar-refractivity contribution in [3.63, 3.8) is 0 Å². The number of rotatable bonds is 54. The summed E-state index contributed by atoms with van der Waals surface area (Å²) in [6, 6.07) is 0. The fourth-order valence-corrected chi connectivity index (χ4v) is 9.04. The predicted molar refractivity (Wildman–Crippen MR) is 282 cm³/mol. The van der Waals surface area contributed by atoms with Crippen LogP contribution < -0.4 is 0 Å². The van der Waals surface area contributed by atoms with E-state index in [1.54, 1.807) is 0 Å². The third-order valence-electron chi connectivity index (χ3n) is 12.8. The summed E-state index contributed by atoms with van der Waals surface area (Å²) in [5.41, 5.74) is 0. The van der Waals surface area contributed by atoms with Gasteiger partial charge in [0.15, 0.2) is 6.10 Å². The first-order valence-electron chi connectivity index (χ1n) is 28.5. The Kier molecular flexibility index (Phi) is 50.1. The Labute approximate surface area is 422 Å². The van der Waals surface area contributed by atoms with Crippen LogP contribution in [0.25, 0.3) is 0 Å². The van der Waals surface area contributed by atoms with Crippen molar-refractivity contribution >= 4 is 19.8 Å². The lowest BCUT2D eigenvalue weighted by Crippen LogP contribution is -2.41. The molecule has 0 aromatic carbocycles. The Hall–Kier alpha value is -1.63. The van der Waals surface area contributed by atoms with Crippen LogP contribution in [0.5, 0.6) is 0 Å². The normalized spacial score (nSPS) is 14.6. The summed E-state index contributed by atoms with van der Waals surface area (Å²) in [5, 5.41) is 38.2. The predicted octanol–water partition coefficient (Wildman–Crippen LogP) is 14.4. The number of esters is 2. The van der Waals surface area contributed by atoms with Gasteiger partial charge in [-0.1, -0.05) is 218 Å². The zero-order chi connectivity index (χ0) is 50.7. The van der Waals surface area contributed by atoms with Crippen LogP contribution in [0.3, 0.4) is 0 Å². The second-order valence-electron chi connectivity index (χ2n) is 19.6. The number of carbonyl (C=O) groups is 2. The molecule has 0 aromatic heterocycles. The first kappa shape index (κ1) is 67.4. The smallest absolute Gasteiger partial charge is 0.462 e. The molecule has 0 amide bonds. The van der Waals surface area contributed by atoms with Crippen molar-refractivity contribution in [2.24, 2.45) is 0 Å². The number of phosphoric ester groups is 1. The van der Waals surface area contributed by atoms with Gasteiger partial charge in [-0.05, 0) is 64.2 Å². The molecule has 0 heterocycles. The van der Waals surface area contributed by atoms with Crippen molar-refractivity contribution in [3.8, 4) is 0 Å². The fourth-order valence-electron chi connectivity index (χ4n) is 8.27. The molecule has 69 heavy (non-hydrogen) atoms. The van der Waals surface area contributed by atoms with Crippen molar-refractivity contribution in [1.82, 2.24) is 0 Å². The largest absolute Gasteiger partial charge is 0.472 e. The fraction of sp³-hybridized carbons (Fsp3) is 0.893. The van der Waals surface area contributed by atoms with Crippen LogP contribution in [0.1, 0.15) is 271 Å². The van der Waals surface area contributed by atoms with Crippen molar-refractivity contribution < 1.29 is 58.0 Å². The summed E-state index contributed by atoms with van der Waals surface area (Å²) in [4.78, 5) is 35.6. The maximum Gasteiger partial charge on any atom is 0.472 e. The van der Waals surface area contributed by atoms with Crippen LogP contribution in [-0.2, 0) is 32.7 Å². The third-order valence-corrected chi connectivity index (χ3v) is 13.8. The number of phosphoric acid groups is 1. The lowest BCUT2D eigenvalue weighted by Gasteiger charge is -2.23. The van der Waals surface area contributed by atoms with E-state index >= 15 is 0 Å². The van der Waals surface area contributed by atoms with Gasteiger partial charge in [-0.2, -0.15) is 0 Å². The second-order valence-corrected chi connectivity index (χ2v) is 21.0. The second kappa shape index (κ2) is 51.3. The first-order valence-corrected chi connectivity index (χ1v) is 30.0. The van der Waals surface area contributed by atoms with Crippen molar-refractivity contribution in [1.29, 1.82) is 0 Å². The average Bonchev–Trinajstić information content (AvgIpc) is 3.34. The number of allylic oxidation sites excluding steroid dienone is 4. The van der Waals surface area contributed by atoms with Crippen LogP contribution in [0.4, 0.5) is 0 Å². The molecule has 0 saturated heterocycles. The van der Waals surface area contributed by atoms with E-state index in [2.05, 4.69) is 38.2 Å². The van der Waals surface area contributed by atoms with E-state index in [9.17, 15) is 34.4 Å². The quantitative estimate of drug-likeness (QED) is 0.0168. The van der Waals surface area contributed by atoms with Gasteiger partial charge in [0.25, 0.3) is 0 Å². The maximum absolute atomic E-state index is 12.8. The lowest BCUT2D eigenvalue weighted by molar-refractivity contribution is -0.161. The molecule has 5 atom stereocenters. The highest BCUT2D eigenvalue weighted by molar-refractivity contribution is 7.47. The molecule has 0 aliphatic heterocycles. The Balaban J connectivity index is 4.37. The van der Waals surface area contributed by atoms with Crippen molar-refractivity contribution in [2.45, 2.75) is 295 Å². The number of ether oxygens (including phenoxy) is 2. The highest BCUT2D eigenvalue weighted by Crippen LogP contribution is 2.43. The summed E-state index contributed by atoms with van der Waals surface area (Å²) in [5.74, 6) is -1.02. The molecule has 0 aliphatic rings. The monoisotopic (exact) mass is 1000 g/mol. The van der Waals surface area contributed by atoms with E-state index in [4.69, 9.17) is 23.6 Å². The molecule has 0 bridgehead atoms. The molecule has 0 fully saturated rings. The summed E-state index contributed by atoms with van der Waals surface area (Å²) >= 11 is 0. The van der Waals surface area contributed by atoms with Crippen LogP contribution in [0.2, 0.25) is 0 Å². The Morgan fingerprint density at radius 1 is 0.435 bits per heavy atom. The Morgan fingerprint density at radius 3 is 1.12 bits per heavy atom. The highest BCUT2D eigenvalue weighted by atomic mass is 31.2. The lowest BCUT2D eigenvalue weighted by atomic mass is 10.0. The summed E-state index contributed by atoms with van der Waals surface area (Å²) < 4.78 is 33.2. The molecular weight excluding hydrogens is 896 g/mol. The summed E-state index contributed by atoms with van der Waals surface area (Å²) in [6.07, 6.45) is 49.5. The average molecular weight is 1000 g/mol. The van der Waals surface area contributed by atoms with Crippen LogP contribution >= 0.6 is 7.82 Å². The minimum Gasteiger partial charge on any atom is -0.462 e. The van der Waals surface area contributed by atoms with Crippen molar-refractivity contribution in [2.75, 3.05) is 26.4 Å². The molecule has 0 spiro atoms. The van der Waals surface area contributed by atoms with Gasteiger partial charge >= 0.3 is 19.8 Å².